The lowest BCUT2D eigenvalue weighted by molar-refractivity contribution is 1.26. The summed E-state index contributed by atoms with van der Waals surface area (Å²) in [5, 5.41) is 9.02. The van der Waals surface area contributed by atoms with Crippen molar-refractivity contribution >= 4 is 11.6 Å². The third-order valence-electron chi connectivity index (χ3n) is 1.20. The second-order valence-electron chi connectivity index (χ2n) is 1.96. The predicted molar refractivity (Wildman–Crippen MR) is 52.1 cm³/mol. The number of benzene rings is 1. The highest BCUT2D eigenvalue weighted by Gasteiger charge is 1.89. The first-order valence-corrected chi connectivity index (χ1v) is 4.32. The van der Waals surface area contributed by atoms with E-state index in [4.69, 9.17) is 16.9 Å². The van der Waals surface area contributed by atoms with Gasteiger partial charge in [0.05, 0.1) is 12.5 Å². The van der Waals surface area contributed by atoms with Crippen LogP contribution < -0.4 is 0 Å². The first-order valence-electron chi connectivity index (χ1n) is 3.94. The first-order chi connectivity index (χ1) is 5.83. The Morgan fingerprint density at radius 3 is 2.17 bits per heavy atom. The van der Waals surface area contributed by atoms with Gasteiger partial charge in [-0.2, -0.15) is 5.26 Å². The van der Waals surface area contributed by atoms with Gasteiger partial charge in [0.1, 0.15) is 0 Å². The third-order valence-corrected chi connectivity index (χ3v) is 1.45. The number of hydrogen-bond donors (Lipinski definition) is 0. The second-order valence-corrected chi connectivity index (χ2v) is 2.40. The van der Waals surface area contributed by atoms with E-state index < -0.39 is 0 Å². The zero-order valence-corrected chi connectivity index (χ0v) is 8.10. The molecule has 0 atom stereocenters. The normalized spacial score (nSPS) is 7.83. The predicted octanol–water partition coefficient (Wildman–Crippen LogP) is 3.43. The molecule has 0 spiro atoms. The molecule has 0 aliphatic heterocycles. The van der Waals surface area contributed by atoms with E-state index in [0.717, 1.165) is 5.56 Å². The molecule has 0 heterocycles. The molecule has 0 saturated carbocycles. The van der Waals surface area contributed by atoms with Gasteiger partial charge in [-0.05, 0) is 17.7 Å². The highest BCUT2D eigenvalue weighted by molar-refractivity contribution is 6.30. The number of halogens is 1. The van der Waals surface area contributed by atoms with Gasteiger partial charge in [0.2, 0.25) is 0 Å². The molecule has 2 heteroatoms. The highest BCUT2D eigenvalue weighted by atomic mass is 35.5. The Morgan fingerprint density at radius 2 is 1.75 bits per heavy atom. The Morgan fingerprint density at radius 1 is 1.25 bits per heavy atom. The summed E-state index contributed by atoms with van der Waals surface area (Å²) >= 11 is 5.63. The SMILES string of the molecule is CC.N#CCc1ccc(Cl)cc1. The number of nitriles is 1. The Bertz CT molecular complexity index is 246. The van der Waals surface area contributed by atoms with Crippen molar-refractivity contribution in [2.45, 2.75) is 20.3 Å². The lowest BCUT2D eigenvalue weighted by Crippen LogP contribution is -1.78. The Labute approximate surface area is 78.6 Å². The van der Waals surface area contributed by atoms with Gasteiger partial charge in [-0.1, -0.05) is 37.6 Å². The van der Waals surface area contributed by atoms with Crippen LogP contribution in [0.2, 0.25) is 5.02 Å². The molecule has 1 aromatic carbocycles. The van der Waals surface area contributed by atoms with E-state index >= 15 is 0 Å². The van der Waals surface area contributed by atoms with Crippen LogP contribution >= 0.6 is 11.6 Å². The van der Waals surface area contributed by atoms with Gasteiger partial charge < -0.3 is 0 Å². The molecule has 64 valence electrons. The Kier molecular flexibility index (Phi) is 6.14. The topological polar surface area (TPSA) is 23.8 Å². The van der Waals surface area contributed by atoms with Crippen LogP contribution in [0.1, 0.15) is 19.4 Å². The molecule has 0 N–H and O–H groups in total. The third kappa shape index (κ3) is 4.00. The van der Waals surface area contributed by atoms with Crippen LogP contribution in [0.3, 0.4) is 0 Å². The van der Waals surface area contributed by atoms with Crippen molar-refractivity contribution in [2.75, 3.05) is 0 Å². The van der Waals surface area contributed by atoms with E-state index in [9.17, 15) is 0 Å². The fourth-order valence-corrected chi connectivity index (χ4v) is 0.820. The van der Waals surface area contributed by atoms with Gasteiger partial charge in [0.25, 0.3) is 0 Å². The van der Waals surface area contributed by atoms with Gasteiger partial charge in [-0.15, -0.1) is 0 Å². The summed E-state index contributed by atoms with van der Waals surface area (Å²) in [5.74, 6) is 0. The number of rotatable bonds is 1. The van der Waals surface area contributed by atoms with Crippen molar-refractivity contribution in [2.24, 2.45) is 0 Å². The van der Waals surface area contributed by atoms with Gasteiger partial charge in [0, 0.05) is 5.02 Å². The molecule has 12 heavy (non-hydrogen) atoms. The lowest BCUT2D eigenvalue weighted by atomic mass is 10.2. The van der Waals surface area contributed by atoms with E-state index in [1.54, 1.807) is 12.1 Å². The second kappa shape index (κ2) is 6.69. The van der Waals surface area contributed by atoms with Crippen LogP contribution in [-0.4, -0.2) is 0 Å². The molecule has 0 aliphatic rings. The molecule has 0 unspecified atom stereocenters. The Balaban J connectivity index is 0.000000561. The standard InChI is InChI=1S/C8H6ClN.C2H6/c9-8-3-1-7(2-4-8)5-6-10;1-2/h1-4H,5H2;1-2H3. The van der Waals surface area contributed by atoms with E-state index in [1.165, 1.54) is 0 Å². The minimum Gasteiger partial charge on any atom is -0.198 e. The minimum absolute atomic E-state index is 0.456. The summed E-state index contributed by atoms with van der Waals surface area (Å²) < 4.78 is 0. The van der Waals surface area contributed by atoms with Crippen molar-refractivity contribution in [3.8, 4) is 6.07 Å². The summed E-state index contributed by atoms with van der Waals surface area (Å²) in [6, 6.07) is 9.34. The summed E-state index contributed by atoms with van der Waals surface area (Å²) in [6.45, 7) is 4.00. The summed E-state index contributed by atoms with van der Waals surface area (Å²) in [5.41, 5.74) is 1.01. The van der Waals surface area contributed by atoms with Gasteiger partial charge in [-0.3, -0.25) is 0 Å². The van der Waals surface area contributed by atoms with Gasteiger partial charge >= 0.3 is 0 Å². The van der Waals surface area contributed by atoms with E-state index in [0.29, 0.717) is 11.4 Å². The highest BCUT2D eigenvalue weighted by Crippen LogP contribution is 2.09. The van der Waals surface area contributed by atoms with Gasteiger partial charge in [-0.25, -0.2) is 0 Å². The molecule has 1 nitrogen and oxygen atoms in total. The molecule has 0 aliphatic carbocycles. The smallest absolute Gasteiger partial charge is 0.0669 e. The molecule has 0 bridgehead atoms. The average Bonchev–Trinajstić information content (AvgIpc) is 2.13. The van der Waals surface area contributed by atoms with Crippen molar-refractivity contribution in [1.29, 1.82) is 5.26 Å². The van der Waals surface area contributed by atoms with E-state index in [-0.39, 0.29) is 0 Å². The van der Waals surface area contributed by atoms with Crippen LogP contribution in [0.5, 0.6) is 0 Å². The largest absolute Gasteiger partial charge is 0.198 e. The van der Waals surface area contributed by atoms with E-state index in [1.807, 2.05) is 26.0 Å². The number of hydrogen-bond acceptors (Lipinski definition) is 1. The zero-order valence-electron chi connectivity index (χ0n) is 7.34. The average molecular weight is 182 g/mol. The maximum Gasteiger partial charge on any atom is 0.0669 e. The zero-order chi connectivity index (χ0) is 9.40. The fraction of sp³-hybridized carbons (Fsp3) is 0.300. The van der Waals surface area contributed by atoms with Gasteiger partial charge in [0.15, 0.2) is 0 Å². The van der Waals surface area contributed by atoms with Crippen molar-refractivity contribution in [3.05, 3.63) is 34.9 Å². The van der Waals surface area contributed by atoms with Crippen molar-refractivity contribution < 1.29 is 0 Å². The quantitative estimate of drug-likeness (QED) is 0.651. The molecular formula is C10H12ClN. The first kappa shape index (κ1) is 11.0. The Hall–Kier alpha value is -1.00. The molecule has 0 radical (unpaired) electrons. The summed E-state index contributed by atoms with van der Waals surface area (Å²) in [6.07, 6.45) is 0.456. The lowest BCUT2D eigenvalue weighted by Gasteiger charge is -1.91. The van der Waals surface area contributed by atoms with Crippen molar-refractivity contribution in [3.63, 3.8) is 0 Å². The molecule has 0 saturated heterocycles. The molecule has 1 aromatic rings. The maximum absolute atomic E-state index is 8.31. The summed E-state index contributed by atoms with van der Waals surface area (Å²) in [7, 11) is 0. The molecule has 0 amide bonds. The monoisotopic (exact) mass is 181 g/mol. The molecular weight excluding hydrogens is 170 g/mol. The van der Waals surface area contributed by atoms with Crippen molar-refractivity contribution in [1.82, 2.24) is 0 Å². The van der Waals surface area contributed by atoms with Crippen LogP contribution in [-0.2, 0) is 6.42 Å². The van der Waals surface area contributed by atoms with Crippen LogP contribution in [0, 0.1) is 11.3 Å². The number of nitrogens with zero attached hydrogens (tertiary/aromatic N) is 1. The van der Waals surface area contributed by atoms with Crippen LogP contribution in [0.15, 0.2) is 24.3 Å². The summed E-state index contributed by atoms with van der Waals surface area (Å²) in [4.78, 5) is 0. The molecule has 1 rings (SSSR count). The van der Waals surface area contributed by atoms with E-state index in [2.05, 4.69) is 6.07 Å². The minimum atomic E-state index is 0.456. The van der Waals surface area contributed by atoms with Crippen LogP contribution in [0.4, 0.5) is 0 Å². The molecule has 0 aromatic heterocycles. The van der Waals surface area contributed by atoms with Crippen LogP contribution in [0.25, 0.3) is 0 Å². The fourth-order valence-electron chi connectivity index (χ4n) is 0.694. The maximum atomic E-state index is 8.31. The molecule has 0 fully saturated rings.